The maximum atomic E-state index is 13.9. The highest BCUT2D eigenvalue weighted by atomic mass is 16.6. The second-order valence-electron chi connectivity index (χ2n) is 10.1. The summed E-state index contributed by atoms with van der Waals surface area (Å²) in [6.45, 7) is 10.1. The monoisotopic (exact) mass is 531 g/mol. The van der Waals surface area contributed by atoms with Crippen molar-refractivity contribution < 1.29 is 33.8 Å². The first-order valence-corrected chi connectivity index (χ1v) is 12.7. The van der Waals surface area contributed by atoms with Crippen molar-refractivity contribution in [2.45, 2.75) is 72.1 Å². The maximum absolute atomic E-state index is 13.9. The van der Waals surface area contributed by atoms with E-state index in [9.17, 15) is 24.3 Å². The molecule has 0 saturated carbocycles. The molecule has 3 amide bonds. The van der Waals surface area contributed by atoms with Gasteiger partial charge in [0.25, 0.3) is 0 Å². The van der Waals surface area contributed by atoms with Gasteiger partial charge in [0.15, 0.2) is 0 Å². The number of hydrogen-bond acceptors (Lipinski definition) is 7. The van der Waals surface area contributed by atoms with Crippen LogP contribution in [0.15, 0.2) is 24.3 Å². The van der Waals surface area contributed by atoms with Crippen LogP contribution in [-0.2, 0) is 23.9 Å². The van der Waals surface area contributed by atoms with Gasteiger partial charge in [-0.15, -0.1) is 6.42 Å². The maximum Gasteiger partial charge on any atom is 0.408 e. The Labute approximate surface area is 225 Å². The summed E-state index contributed by atoms with van der Waals surface area (Å²) >= 11 is 0. The number of benzene rings is 1. The molecule has 10 heteroatoms. The lowest BCUT2D eigenvalue weighted by Crippen LogP contribution is -2.54. The summed E-state index contributed by atoms with van der Waals surface area (Å²) in [5, 5.41) is 15.2. The predicted octanol–water partition coefficient (Wildman–Crippen LogP) is 2.54. The van der Waals surface area contributed by atoms with E-state index in [-0.39, 0.29) is 38.5 Å². The van der Waals surface area contributed by atoms with Crippen molar-refractivity contribution in [2.75, 3.05) is 26.3 Å². The Morgan fingerprint density at radius 3 is 2.37 bits per heavy atom. The summed E-state index contributed by atoms with van der Waals surface area (Å²) in [4.78, 5) is 52.9. The fourth-order valence-corrected chi connectivity index (χ4v) is 3.75. The third-order valence-corrected chi connectivity index (χ3v) is 5.22. The summed E-state index contributed by atoms with van der Waals surface area (Å²) < 4.78 is 10.2. The van der Waals surface area contributed by atoms with Crippen LogP contribution < -0.4 is 10.6 Å². The Morgan fingerprint density at radius 2 is 1.82 bits per heavy atom. The highest BCUT2D eigenvalue weighted by Crippen LogP contribution is 2.26. The average molecular weight is 532 g/mol. The first-order valence-electron chi connectivity index (χ1n) is 12.7. The fraction of sp³-hybridized carbons (Fsp3) is 0.571. The number of aliphatic hydroxyl groups excluding tert-OH is 1. The molecular weight excluding hydrogens is 490 g/mol. The molecule has 0 bridgehead atoms. The zero-order valence-electron chi connectivity index (χ0n) is 23.2. The van der Waals surface area contributed by atoms with Crippen molar-refractivity contribution in [3.63, 3.8) is 0 Å². The number of esters is 1. The van der Waals surface area contributed by atoms with Crippen LogP contribution in [0.3, 0.4) is 0 Å². The number of nitrogens with one attached hydrogen (secondary N) is 2. The van der Waals surface area contributed by atoms with Crippen LogP contribution in [0, 0.1) is 18.3 Å². The average Bonchev–Trinajstić information content (AvgIpc) is 2.82. The minimum atomic E-state index is -1.24. The van der Waals surface area contributed by atoms with Crippen LogP contribution in [0.2, 0.25) is 0 Å². The number of terminal acetylenes is 1. The Hall–Kier alpha value is -3.58. The topological polar surface area (TPSA) is 134 Å². The van der Waals surface area contributed by atoms with Gasteiger partial charge >= 0.3 is 12.1 Å². The number of hydrogen-bond donors (Lipinski definition) is 3. The zero-order chi connectivity index (χ0) is 28.9. The molecule has 0 aliphatic rings. The lowest BCUT2D eigenvalue weighted by Gasteiger charge is -2.35. The number of carbonyl (C=O) groups excluding carboxylic acids is 4. The van der Waals surface area contributed by atoms with Gasteiger partial charge in [-0.05, 0) is 51.7 Å². The number of carbonyl (C=O) groups is 4. The van der Waals surface area contributed by atoms with E-state index in [0.717, 1.165) is 0 Å². The van der Waals surface area contributed by atoms with Crippen molar-refractivity contribution in [3.05, 3.63) is 35.4 Å². The first kappa shape index (κ1) is 32.4. The van der Waals surface area contributed by atoms with Gasteiger partial charge < -0.3 is 30.1 Å². The quantitative estimate of drug-likeness (QED) is 0.263. The van der Waals surface area contributed by atoms with E-state index in [4.69, 9.17) is 15.9 Å². The van der Waals surface area contributed by atoms with Crippen LogP contribution in [0.1, 0.15) is 71.6 Å². The summed E-state index contributed by atoms with van der Waals surface area (Å²) in [6, 6.07) is 4.38. The van der Waals surface area contributed by atoms with E-state index in [1.807, 2.05) is 13.8 Å². The molecule has 0 spiro atoms. The van der Waals surface area contributed by atoms with Crippen molar-refractivity contribution in [3.8, 4) is 12.3 Å². The number of amides is 3. The van der Waals surface area contributed by atoms with Gasteiger partial charge in [0.05, 0.1) is 19.6 Å². The lowest BCUT2D eigenvalue weighted by atomic mass is 9.96. The molecule has 1 aromatic rings. The SMILES string of the molecule is C#Cc1ccccc1C(C(=O)NCCC(=O)OCC)N(CCO)C(=O)C(CC(C)C)NC(=O)OC(C)(C)C. The van der Waals surface area contributed by atoms with Crippen LogP contribution >= 0.6 is 0 Å². The highest BCUT2D eigenvalue weighted by Gasteiger charge is 2.37. The summed E-state index contributed by atoms with van der Waals surface area (Å²) in [5.41, 5.74) is -0.0341. The number of aliphatic hydroxyl groups is 1. The largest absolute Gasteiger partial charge is 0.466 e. The molecule has 10 nitrogen and oxygen atoms in total. The van der Waals surface area contributed by atoms with Crippen molar-refractivity contribution in [2.24, 2.45) is 5.92 Å². The van der Waals surface area contributed by atoms with Crippen LogP contribution in [0.4, 0.5) is 4.79 Å². The smallest absolute Gasteiger partial charge is 0.408 e. The van der Waals surface area contributed by atoms with Gasteiger partial charge in [-0.1, -0.05) is 38.0 Å². The molecule has 2 atom stereocenters. The fourth-order valence-electron chi connectivity index (χ4n) is 3.75. The van der Waals surface area contributed by atoms with Gasteiger partial charge in [0.1, 0.15) is 17.7 Å². The molecule has 0 fully saturated rings. The van der Waals surface area contributed by atoms with Crippen molar-refractivity contribution in [1.82, 2.24) is 15.5 Å². The van der Waals surface area contributed by atoms with Gasteiger partial charge in [-0.25, -0.2) is 4.79 Å². The lowest BCUT2D eigenvalue weighted by molar-refractivity contribution is -0.144. The Balaban J connectivity index is 3.44. The minimum absolute atomic E-state index is 0.00436. The number of alkyl carbamates (subject to hydrolysis) is 1. The highest BCUT2D eigenvalue weighted by molar-refractivity contribution is 5.92. The standard InChI is InChI=1S/C28H41N3O7/c1-8-20-12-10-11-13-21(20)24(25(34)29-15-14-23(33)37-9-2)31(16-17-32)26(35)22(18-19(3)4)30-27(36)38-28(5,6)7/h1,10-13,19,22,24,32H,9,14-18H2,2-7H3,(H,29,34)(H,30,36). The molecule has 210 valence electrons. The van der Waals surface area contributed by atoms with Crippen molar-refractivity contribution in [1.29, 1.82) is 0 Å². The van der Waals surface area contributed by atoms with Gasteiger partial charge in [-0.2, -0.15) is 0 Å². The Morgan fingerprint density at radius 1 is 1.16 bits per heavy atom. The second kappa shape index (κ2) is 15.6. The van der Waals surface area contributed by atoms with E-state index in [1.165, 1.54) is 4.90 Å². The third kappa shape index (κ3) is 10.8. The molecule has 0 saturated heterocycles. The normalized spacial score (nSPS) is 12.6. The third-order valence-electron chi connectivity index (χ3n) is 5.22. The number of nitrogens with zero attached hydrogens (tertiary/aromatic N) is 1. The zero-order valence-corrected chi connectivity index (χ0v) is 23.2. The molecule has 3 N–H and O–H groups in total. The molecule has 1 aromatic carbocycles. The van der Waals surface area contributed by atoms with Gasteiger partial charge in [0.2, 0.25) is 11.8 Å². The van der Waals surface area contributed by atoms with Gasteiger partial charge in [-0.3, -0.25) is 14.4 Å². The van der Waals surface area contributed by atoms with Crippen LogP contribution in [0.5, 0.6) is 0 Å². The van der Waals surface area contributed by atoms with Crippen LogP contribution in [0.25, 0.3) is 0 Å². The molecular formula is C28H41N3O7. The van der Waals surface area contributed by atoms with E-state index >= 15 is 0 Å². The van der Waals surface area contributed by atoms with Gasteiger partial charge in [0, 0.05) is 18.7 Å². The number of rotatable bonds is 13. The molecule has 2 unspecified atom stereocenters. The van der Waals surface area contributed by atoms with Crippen LogP contribution in [-0.4, -0.2) is 71.8 Å². The summed E-state index contributed by atoms with van der Waals surface area (Å²) in [5.74, 6) is 0.876. The van der Waals surface area contributed by atoms with E-state index in [2.05, 4.69) is 16.6 Å². The molecule has 38 heavy (non-hydrogen) atoms. The minimum Gasteiger partial charge on any atom is -0.466 e. The predicted molar refractivity (Wildman–Crippen MR) is 143 cm³/mol. The molecule has 0 radical (unpaired) electrons. The van der Waals surface area contributed by atoms with E-state index in [0.29, 0.717) is 11.1 Å². The first-order chi connectivity index (χ1) is 17.8. The molecule has 1 rings (SSSR count). The molecule has 0 aromatic heterocycles. The second-order valence-corrected chi connectivity index (χ2v) is 10.1. The van der Waals surface area contributed by atoms with E-state index < -0.39 is 48.2 Å². The van der Waals surface area contributed by atoms with Crippen molar-refractivity contribution >= 4 is 23.9 Å². The molecule has 0 aliphatic carbocycles. The summed E-state index contributed by atoms with van der Waals surface area (Å²) in [7, 11) is 0. The van der Waals surface area contributed by atoms with E-state index in [1.54, 1.807) is 52.0 Å². The summed E-state index contributed by atoms with van der Waals surface area (Å²) in [6.07, 6.45) is 5.11. The Bertz CT molecular complexity index is 995. The number of ether oxygens (including phenoxy) is 2. The Kier molecular flexibility index (Phi) is 13.3. The molecule has 0 heterocycles. The molecule has 0 aliphatic heterocycles.